The molecule has 4 aromatic rings. The largest absolute Gasteiger partial charge is 0.388 e. The zero-order valence-electron chi connectivity index (χ0n) is 18.7. The number of amides is 1. The Hall–Kier alpha value is -3.46. The smallest absolute Gasteiger partial charge is 0.257 e. The summed E-state index contributed by atoms with van der Waals surface area (Å²) in [6, 6.07) is 6.15. The number of nitrogens with zero attached hydrogens (tertiary/aromatic N) is 5. The lowest BCUT2D eigenvalue weighted by Gasteiger charge is -2.26. The molecular weight excluding hydrogens is 418 g/mol. The quantitative estimate of drug-likeness (QED) is 0.435. The van der Waals surface area contributed by atoms with Gasteiger partial charge in [-0.05, 0) is 51.2 Å². The molecule has 3 N–H and O–H groups in total. The summed E-state index contributed by atoms with van der Waals surface area (Å²) in [7, 11) is 1.82. The first kappa shape index (κ1) is 20.2. The van der Waals surface area contributed by atoms with Crippen LogP contribution in [-0.2, 0) is 0 Å². The molecule has 1 unspecified atom stereocenters. The third kappa shape index (κ3) is 3.26. The first-order chi connectivity index (χ1) is 16.0. The van der Waals surface area contributed by atoms with Gasteiger partial charge < -0.3 is 20.3 Å². The maximum absolute atomic E-state index is 13.2. The summed E-state index contributed by atoms with van der Waals surface area (Å²) in [5, 5.41) is 22.2. The fraction of sp³-hybridized carbons (Fsp3) is 0.417. The van der Waals surface area contributed by atoms with Crippen LogP contribution in [0.3, 0.4) is 0 Å². The highest BCUT2D eigenvalue weighted by Crippen LogP contribution is 2.40. The summed E-state index contributed by atoms with van der Waals surface area (Å²) >= 11 is 0. The normalized spacial score (nSPS) is 22.8. The Morgan fingerprint density at radius 2 is 2.12 bits per heavy atom. The van der Waals surface area contributed by atoms with Crippen LogP contribution in [0.15, 0.2) is 36.8 Å². The first-order valence-electron chi connectivity index (χ1n) is 11.5. The number of hydrogen-bond donors (Lipinski definition) is 3. The molecular formula is C24H27N7O2. The van der Waals surface area contributed by atoms with Gasteiger partial charge in [0.05, 0.1) is 23.5 Å². The third-order valence-electron chi connectivity index (χ3n) is 7.01. The van der Waals surface area contributed by atoms with Crippen LogP contribution in [0.25, 0.3) is 27.9 Å². The lowest BCUT2D eigenvalue weighted by atomic mass is 10.0. The molecule has 0 aromatic carbocycles. The summed E-state index contributed by atoms with van der Waals surface area (Å²) < 4.78 is 3.88. The highest BCUT2D eigenvalue weighted by Gasteiger charge is 2.38. The second-order valence-electron chi connectivity index (χ2n) is 9.40. The molecule has 2 saturated carbocycles. The predicted octanol–water partition coefficient (Wildman–Crippen LogP) is 3.16. The maximum Gasteiger partial charge on any atom is 0.257 e. The lowest BCUT2D eigenvalue weighted by Crippen LogP contribution is -2.47. The third-order valence-corrected chi connectivity index (χ3v) is 7.01. The van der Waals surface area contributed by atoms with E-state index in [4.69, 9.17) is 4.98 Å². The minimum Gasteiger partial charge on any atom is -0.388 e. The van der Waals surface area contributed by atoms with Gasteiger partial charge in [-0.25, -0.2) is 9.97 Å². The Morgan fingerprint density at radius 1 is 1.27 bits per heavy atom. The van der Waals surface area contributed by atoms with Crippen LogP contribution in [0, 0.1) is 0 Å². The number of rotatable bonds is 5. The standard InChI is InChI=1S/C24H27N7O2/c1-24(33)9-3-6-19(24)29-23(32)16-12-27-31-20(25-2)11-18(28-22(16)31)17-13-30(14-7-8-14)21-15(17)5-4-10-26-21/h4-5,10-14,19,25,33H,3,6-9H2,1-2H3,(H,29,32)/t19?,24-/m1/s1. The van der Waals surface area contributed by atoms with E-state index in [0.29, 0.717) is 23.7 Å². The van der Waals surface area contributed by atoms with Crippen LogP contribution in [0.4, 0.5) is 5.82 Å². The Balaban J connectivity index is 1.46. The van der Waals surface area contributed by atoms with E-state index >= 15 is 0 Å². The number of pyridine rings is 1. The average Bonchev–Trinajstić information content (AvgIpc) is 3.30. The van der Waals surface area contributed by atoms with Gasteiger partial charge in [0.2, 0.25) is 0 Å². The van der Waals surface area contributed by atoms with Crippen molar-refractivity contribution in [3.8, 4) is 11.3 Å². The van der Waals surface area contributed by atoms with E-state index in [-0.39, 0.29) is 11.9 Å². The van der Waals surface area contributed by atoms with Gasteiger partial charge in [0, 0.05) is 42.5 Å². The number of aromatic nitrogens is 5. The lowest BCUT2D eigenvalue weighted by molar-refractivity contribution is 0.0368. The van der Waals surface area contributed by atoms with Crippen molar-refractivity contribution in [2.45, 2.75) is 56.7 Å². The predicted molar refractivity (Wildman–Crippen MR) is 125 cm³/mol. The molecule has 4 aromatic heterocycles. The molecule has 170 valence electrons. The molecule has 0 bridgehead atoms. The molecule has 9 nitrogen and oxygen atoms in total. The SMILES string of the molecule is CNc1cc(-c2cn(C3CC3)c3ncccc23)nc2c(C(=O)NC3CCC[C@@]3(C)O)cnn12. The van der Waals surface area contributed by atoms with Gasteiger partial charge in [0.1, 0.15) is 17.0 Å². The number of carbonyl (C=O) groups excluding carboxylic acids is 1. The minimum absolute atomic E-state index is 0.272. The molecule has 0 spiro atoms. The van der Waals surface area contributed by atoms with E-state index in [0.717, 1.165) is 53.8 Å². The molecule has 6 rings (SSSR count). The highest BCUT2D eigenvalue weighted by atomic mass is 16.3. The molecule has 2 atom stereocenters. The van der Waals surface area contributed by atoms with E-state index < -0.39 is 5.60 Å². The van der Waals surface area contributed by atoms with Gasteiger partial charge in [-0.3, -0.25) is 4.79 Å². The van der Waals surface area contributed by atoms with Crippen molar-refractivity contribution in [1.82, 2.24) is 29.5 Å². The van der Waals surface area contributed by atoms with Crippen LogP contribution >= 0.6 is 0 Å². The van der Waals surface area contributed by atoms with E-state index in [9.17, 15) is 9.90 Å². The van der Waals surface area contributed by atoms with Crippen LogP contribution < -0.4 is 10.6 Å². The van der Waals surface area contributed by atoms with Crippen LogP contribution in [-0.4, -0.2) is 53.9 Å². The van der Waals surface area contributed by atoms with Gasteiger partial charge in [-0.15, -0.1) is 0 Å². The summed E-state index contributed by atoms with van der Waals surface area (Å²) in [5.41, 5.74) is 2.66. The molecule has 33 heavy (non-hydrogen) atoms. The van der Waals surface area contributed by atoms with Gasteiger partial charge in [-0.1, -0.05) is 0 Å². The number of nitrogens with one attached hydrogen (secondary N) is 2. The molecule has 1 amide bonds. The number of anilines is 1. The van der Waals surface area contributed by atoms with Gasteiger partial charge >= 0.3 is 0 Å². The van der Waals surface area contributed by atoms with Crippen LogP contribution in [0.1, 0.15) is 55.4 Å². The summed E-state index contributed by atoms with van der Waals surface area (Å²) in [6.45, 7) is 1.78. The number of carbonyl (C=O) groups is 1. The number of fused-ring (bicyclic) bond motifs is 2. The number of hydrogen-bond acceptors (Lipinski definition) is 6. The highest BCUT2D eigenvalue weighted by molar-refractivity contribution is 6.01. The fourth-order valence-corrected chi connectivity index (χ4v) is 4.97. The van der Waals surface area contributed by atoms with E-state index in [1.165, 1.54) is 0 Å². The first-order valence-corrected chi connectivity index (χ1v) is 11.5. The minimum atomic E-state index is -0.898. The van der Waals surface area contributed by atoms with Crippen molar-refractivity contribution in [3.63, 3.8) is 0 Å². The molecule has 0 radical (unpaired) electrons. The molecule has 9 heteroatoms. The average molecular weight is 446 g/mol. The summed E-state index contributed by atoms with van der Waals surface area (Å²) in [5.74, 6) is 0.462. The molecule has 0 saturated heterocycles. The van der Waals surface area contributed by atoms with Crippen LogP contribution in [0.2, 0.25) is 0 Å². The van der Waals surface area contributed by atoms with Gasteiger partial charge in [0.15, 0.2) is 5.65 Å². The zero-order valence-corrected chi connectivity index (χ0v) is 18.7. The maximum atomic E-state index is 13.2. The fourth-order valence-electron chi connectivity index (χ4n) is 4.97. The van der Waals surface area contributed by atoms with E-state index in [2.05, 4.69) is 37.5 Å². The number of aliphatic hydroxyl groups is 1. The van der Waals surface area contributed by atoms with Crippen LogP contribution in [0.5, 0.6) is 0 Å². The second kappa shape index (κ2) is 7.28. The van der Waals surface area contributed by atoms with Gasteiger partial charge in [-0.2, -0.15) is 9.61 Å². The molecule has 4 heterocycles. The Kier molecular flexibility index (Phi) is 4.45. The Labute approximate surface area is 190 Å². The summed E-state index contributed by atoms with van der Waals surface area (Å²) in [6.07, 6.45) is 10.1. The molecule has 2 aliphatic carbocycles. The van der Waals surface area contributed by atoms with Crippen molar-refractivity contribution in [1.29, 1.82) is 0 Å². The van der Waals surface area contributed by atoms with E-state index in [1.54, 1.807) is 17.6 Å². The van der Waals surface area contributed by atoms with Crippen molar-refractivity contribution >= 4 is 28.4 Å². The zero-order chi connectivity index (χ0) is 22.7. The molecule has 2 aliphatic rings. The second-order valence-corrected chi connectivity index (χ2v) is 9.40. The van der Waals surface area contributed by atoms with Crippen molar-refractivity contribution in [3.05, 3.63) is 42.4 Å². The van der Waals surface area contributed by atoms with E-state index in [1.807, 2.05) is 25.4 Å². The Bertz CT molecular complexity index is 1380. The molecule has 2 fully saturated rings. The Morgan fingerprint density at radius 3 is 2.85 bits per heavy atom. The van der Waals surface area contributed by atoms with Crippen molar-refractivity contribution < 1.29 is 9.90 Å². The molecule has 0 aliphatic heterocycles. The summed E-state index contributed by atoms with van der Waals surface area (Å²) in [4.78, 5) is 22.7. The topological polar surface area (TPSA) is 109 Å². The van der Waals surface area contributed by atoms with Crippen molar-refractivity contribution in [2.24, 2.45) is 0 Å². The van der Waals surface area contributed by atoms with Crippen molar-refractivity contribution in [2.75, 3.05) is 12.4 Å². The van der Waals surface area contributed by atoms with Gasteiger partial charge in [0.25, 0.3) is 5.91 Å². The monoisotopic (exact) mass is 445 g/mol.